The number of carbonyl (C=O) groups excluding carboxylic acids is 1. The number of hydrogen-bond donors (Lipinski definition) is 0. The molecule has 1 aliphatic rings. The Balaban J connectivity index is 1.43. The first-order valence-corrected chi connectivity index (χ1v) is 11.6. The third kappa shape index (κ3) is 4.09. The summed E-state index contributed by atoms with van der Waals surface area (Å²) in [6.45, 7) is 5.82. The molecule has 0 spiro atoms. The van der Waals surface area contributed by atoms with Crippen LogP contribution in [0.1, 0.15) is 29.3 Å². The van der Waals surface area contributed by atoms with Crippen molar-refractivity contribution >= 4 is 34.2 Å². The molecule has 1 atom stereocenters. The number of benzene rings is 3. The molecule has 0 radical (unpaired) electrons. The molecule has 6 heteroatoms. The number of ether oxygens (including phenoxy) is 1. The van der Waals surface area contributed by atoms with Crippen molar-refractivity contribution in [1.82, 2.24) is 9.55 Å². The van der Waals surface area contributed by atoms with E-state index < -0.39 is 0 Å². The second kappa shape index (κ2) is 8.91. The molecule has 168 valence electrons. The predicted molar refractivity (Wildman–Crippen MR) is 132 cm³/mol. The standard InChI is InChI=1S/C27H26ClN3O2/c1-18-8-7-9-19(2)26(18)31-17-20(16-25(31)32)27-29-22-11-4-5-12-23(22)30(27)14-15-33-24-13-6-3-10-21(24)28/h3-13,20H,14-17H2,1-2H3. The lowest BCUT2D eigenvalue weighted by Gasteiger charge is -2.21. The lowest BCUT2D eigenvalue weighted by molar-refractivity contribution is -0.117. The number of anilines is 1. The summed E-state index contributed by atoms with van der Waals surface area (Å²) >= 11 is 6.24. The smallest absolute Gasteiger partial charge is 0.227 e. The van der Waals surface area contributed by atoms with E-state index in [0.29, 0.717) is 36.9 Å². The summed E-state index contributed by atoms with van der Waals surface area (Å²) in [7, 11) is 0. The first-order chi connectivity index (χ1) is 16.0. The molecule has 2 heterocycles. The van der Waals surface area contributed by atoms with E-state index in [-0.39, 0.29) is 11.8 Å². The van der Waals surface area contributed by atoms with Gasteiger partial charge in [-0.1, -0.05) is 54.1 Å². The Hall–Kier alpha value is -3.31. The molecule has 0 saturated carbocycles. The van der Waals surface area contributed by atoms with Crippen LogP contribution in [0.15, 0.2) is 66.7 Å². The quantitative estimate of drug-likeness (QED) is 0.360. The summed E-state index contributed by atoms with van der Waals surface area (Å²) in [5, 5.41) is 0.596. The number of amides is 1. The highest BCUT2D eigenvalue weighted by Gasteiger charge is 2.35. The molecule has 1 saturated heterocycles. The first kappa shape index (κ1) is 21.5. The summed E-state index contributed by atoms with van der Waals surface area (Å²) < 4.78 is 8.15. The lowest BCUT2D eigenvalue weighted by atomic mass is 10.1. The molecular formula is C27H26ClN3O2. The number of fused-ring (bicyclic) bond motifs is 1. The average Bonchev–Trinajstić information content (AvgIpc) is 3.36. The van der Waals surface area contributed by atoms with Gasteiger partial charge in [-0.15, -0.1) is 0 Å². The highest BCUT2D eigenvalue weighted by atomic mass is 35.5. The van der Waals surface area contributed by atoms with E-state index in [0.717, 1.165) is 33.7 Å². The second-order valence-electron chi connectivity index (χ2n) is 8.54. The van der Waals surface area contributed by atoms with Crippen LogP contribution >= 0.6 is 11.6 Å². The number of imidazole rings is 1. The summed E-state index contributed by atoms with van der Waals surface area (Å²) in [5.41, 5.74) is 5.24. The molecule has 1 aromatic heterocycles. The molecule has 0 bridgehead atoms. The summed E-state index contributed by atoms with van der Waals surface area (Å²) in [6.07, 6.45) is 0.447. The fourth-order valence-corrected chi connectivity index (χ4v) is 4.97. The van der Waals surface area contributed by atoms with Crippen molar-refractivity contribution in [2.45, 2.75) is 32.7 Å². The van der Waals surface area contributed by atoms with Crippen molar-refractivity contribution < 1.29 is 9.53 Å². The van der Waals surface area contributed by atoms with Crippen molar-refractivity contribution in [3.8, 4) is 5.75 Å². The van der Waals surface area contributed by atoms with E-state index in [1.807, 2.05) is 53.4 Å². The van der Waals surface area contributed by atoms with Gasteiger partial charge in [0.05, 0.1) is 22.6 Å². The Labute approximate surface area is 198 Å². The van der Waals surface area contributed by atoms with Gasteiger partial charge in [-0.25, -0.2) is 4.98 Å². The predicted octanol–water partition coefficient (Wildman–Crippen LogP) is 5.91. The minimum Gasteiger partial charge on any atom is -0.490 e. The fraction of sp³-hybridized carbons (Fsp3) is 0.259. The van der Waals surface area contributed by atoms with Crippen LogP contribution < -0.4 is 9.64 Å². The number of carbonyl (C=O) groups is 1. The van der Waals surface area contributed by atoms with E-state index in [2.05, 4.69) is 36.6 Å². The number of aryl methyl sites for hydroxylation is 2. The third-order valence-electron chi connectivity index (χ3n) is 6.29. The van der Waals surface area contributed by atoms with E-state index in [9.17, 15) is 4.79 Å². The van der Waals surface area contributed by atoms with Gasteiger partial charge in [0.25, 0.3) is 0 Å². The minimum absolute atomic E-state index is 0.0178. The molecule has 1 fully saturated rings. The second-order valence-corrected chi connectivity index (χ2v) is 8.94. The first-order valence-electron chi connectivity index (χ1n) is 11.2. The van der Waals surface area contributed by atoms with Crippen LogP contribution in [0.25, 0.3) is 11.0 Å². The Morgan fingerprint density at radius 3 is 2.52 bits per heavy atom. The van der Waals surface area contributed by atoms with Crippen LogP contribution in [0.3, 0.4) is 0 Å². The zero-order chi connectivity index (χ0) is 22.9. The molecule has 1 aliphatic heterocycles. The number of aromatic nitrogens is 2. The van der Waals surface area contributed by atoms with Crippen LogP contribution in [0.2, 0.25) is 5.02 Å². The van der Waals surface area contributed by atoms with Crippen LogP contribution in [0.4, 0.5) is 5.69 Å². The monoisotopic (exact) mass is 459 g/mol. The van der Waals surface area contributed by atoms with Gasteiger partial charge >= 0.3 is 0 Å². The normalized spacial score (nSPS) is 16.0. The topological polar surface area (TPSA) is 47.4 Å². The van der Waals surface area contributed by atoms with Crippen molar-refractivity contribution in [3.63, 3.8) is 0 Å². The van der Waals surface area contributed by atoms with Crippen LogP contribution in [-0.2, 0) is 11.3 Å². The Morgan fingerprint density at radius 1 is 1.00 bits per heavy atom. The maximum absolute atomic E-state index is 13.1. The van der Waals surface area contributed by atoms with Crippen LogP contribution in [0.5, 0.6) is 5.75 Å². The van der Waals surface area contributed by atoms with Crippen molar-refractivity contribution in [2.75, 3.05) is 18.1 Å². The zero-order valence-corrected chi connectivity index (χ0v) is 19.5. The molecule has 3 aromatic carbocycles. The van der Waals surface area contributed by atoms with Gasteiger partial charge in [0, 0.05) is 24.6 Å². The van der Waals surface area contributed by atoms with E-state index in [1.54, 1.807) is 0 Å². The Kier molecular flexibility index (Phi) is 5.81. The van der Waals surface area contributed by atoms with Gasteiger partial charge in [0.15, 0.2) is 0 Å². The Bertz CT molecular complexity index is 1310. The third-order valence-corrected chi connectivity index (χ3v) is 6.61. The van der Waals surface area contributed by atoms with Crippen LogP contribution in [0, 0.1) is 13.8 Å². The maximum atomic E-state index is 13.1. The SMILES string of the molecule is Cc1cccc(C)c1N1CC(c2nc3ccccc3n2CCOc2ccccc2Cl)CC1=O. The van der Waals surface area contributed by atoms with E-state index in [4.69, 9.17) is 21.3 Å². The minimum atomic E-state index is 0.0178. The van der Waals surface area contributed by atoms with Gasteiger partial charge in [-0.2, -0.15) is 0 Å². The van der Waals surface area contributed by atoms with E-state index in [1.165, 1.54) is 0 Å². The molecule has 0 N–H and O–H groups in total. The maximum Gasteiger partial charge on any atom is 0.227 e. The summed E-state index contributed by atoms with van der Waals surface area (Å²) in [4.78, 5) is 20.0. The number of nitrogens with zero attached hydrogens (tertiary/aromatic N) is 3. The van der Waals surface area contributed by atoms with Crippen molar-refractivity contribution in [2.24, 2.45) is 0 Å². The van der Waals surface area contributed by atoms with Gasteiger partial charge in [0.2, 0.25) is 5.91 Å². The molecular weight excluding hydrogens is 434 g/mol. The molecule has 5 rings (SSSR count). The molecule has 33 heavy (non-hydrogen) atoms. The molecule has 5 nitrogen and oxygen atoms in total. The summed E-state index contributed by atoms with van der Waals surface area (Å²) in [6, 6.07) is 21.7. The van der Waals surface area contributed by atoms with Crippen molar-refractivity contribution in [3.05, 3.63) is 88.7 Å². The number of para-hydroxylation sites is 4. The molecule has 1 amide bonds. The lowest BCUT2D eigenvalue weighted by Crippen LogP contribution is -2.26. The van der Waals surface area contributed by atoms with E-state index >= 15 is 0 Å². The number of rotatable bonds is 6. The van der Waals surface area contributed by atoms with Crippen LogP contribution in [-0.4, -0.2) is 28.6 Å². The zero-order valence-electron chi connectivity index (χ0n) is 18.8. The van der Waals surface area contributed by atoms with Gasteiger partial charge in [0.1, 0.15) is 18.2 Å². The van der Waals surface area contributed by atoms with Gasteiger partial charge in [-0.3, -0.25) is 4.79 Å². The molecule has 4 aromatic rings. The highest BCUT2D eigenvalue weighted by molar-refractivity contribution is 6.32. The molecule has 0 aliphatic carbocycles. The highest BCUT2D eigenvalue weighted by Crippen LogP contribution is 2.36. The summed E-state index contributed by atoms with van der Waals surface area (Å²) in [5.74, 6) is 1.76. The molecule has 1 unspecified atom stereocenters. The largest absolute Gasteiger partial charge is 0.490 e. The Morgan fingerprint density at radius 2 is 1.73 bits per heavy atom. The van der Waals surface area contributed by atoms with Crippen molar-refractivity contribution in [1.29, 1.82) is 0 Å². The fourth-order valence-electron chi connectivity index (χ4n) is 4.78. The van der Waals surface area contributed by atoms with Gasteiger partial charge < -0.3 is 14.2 Å². The van der Waals surface area contributed by atoms with Gasteiger partial charge in [-0.05, 0) is 49.2 Å². The number of hydrogen-bond acceptors (Lipinski definition) is 3. The number of halogens is 1. The average molecular weight is 460 g/mol.